The molecule has 2 aromatic heterocycles. The molecule has 1 aliphatic rings. The third-order valence-electron chi connectivity index (χ3n) is 5.74. The van der Waals surface area contributed by atoms with Gasteiger partial charge in [-0.1, -0.05) is 17.1 Å². The predicted octanol–water partition coefficient (Wildman–Crippen LogP) is 2.04. The van der Waals surface area contributed by atoms with E-state index in [0.717, 1.165) is 37.9 Å². The number of Topliss-reactive ketones (excluding diaryl/α,β-unsaturated/α-hetero) is 1. The largest absolute Gasteiger partial charge is 0.350 e. The Kier molecular flexibility index (Phi) is 9.24. The number of ketones is 1. The van der Waals surface area contributed by atoms with E-state index in [2.05, 4.69) is 37.4 Å². The summed E-state index contributed by atoms with van der Waals surface area (Å²) in [4.78, 5) is 31.6. The molecule has 1 saturated carbocycles. The van der Waals surface area contributed by atoms with E-state index in [1.54, 1.807) is 19.3 Å². The first-order chi connectivity index (χ1) is 15.9. The van der Waals surface area contributed by atoms with Crippen LogP contribution in [-0.4, -0.2) is 47.1 Å². The van der Waals surface area contributed by atoms with Gasteiger partial charge in [0.25, 0.3) is 0 Å². The standard InChI is InChI=1S/C23H30N6O3S/c1-17(30)20-10-8-18(9-11-20)15-29-16-21(27-28-29)14-24-22(31)7-5-3-4-6-19-12-25-23(26-13-19)33(2)32/h12-13,16,18,20H,3,5,7-11,14-15H2,1-2H3,(H,24,31). The van der Waals surface area contributed by atoms with Crippen LogP contribution in [0.1, 0.15) is 63.1 Å². The van der Waals surface area contributed by atoms with Crippen LogP contribution in [0.2, 0.25) is 0 Å². The Balaban J connectivity index is 1.32. The van der Waals surface area contributed by atoms with Crippen molar-refractivity contribution in [2.24, 2.45) is 11.8 Å². The molecule has 1 amide bonds. The normalized spacial score (nSPS) is 18.7. The molecule has 0 radical (unpaired) electrons. The zero-order valence-electron chi connectivity index (χ0n) is 19.1. The van der Waals surface area contributed by atoms with Gasteiger partial charge in [-0.25, -0.2) is 9.97 Å². The van der Waals surface area contributed by atoms with Crippen molar-refractivity contribution in [1.29, 1.82) is 0 Å². The number of hydrogen-bond acceptors (Lipinski definition) is 7. The fraction of sp³-hybridized carbons (Fsp3) is 0.565. The maximum atomic E-state index is 12.1. The highest BCUT2D eigenvalue weighted by atomic mass is 32.2. The first-order valence-electron chi connectivity index (χ1n) is 11.2. The summed E-state index contributed by atoms with van der Waals surface area (Å²) < 4.78 is 13.1. The average molecular weight is 471 g/mol. The monoisotopic (exact) mass is 470 g/mol. The lowest BCUT2D eigenvalue weighted by Gasteiger charge is -2.26. The Bertz CT molecular complexity index is 1030. The van der Waals surface area contributed by atoms with Gasteiger partial charge in [-0.2, -0.15) is 0 Å². The Morgan fingerprint density at radius 2 is 1.94 bits per heavy atom. The summed E-state index contributed by atoms with van der Waals surface area (Å²) in [6, 6.07) is 0. The molecule has 1 unspecified atom stereocenters. The molecule has 0 bridgehead atoms. The zero-order valence-corrected chi connectivity index (χ0v) is 19.9. The number of amides is 1. The van der Waals surface area contributed by atoms with Gasteiger partial charge in [-0.15, -0.1) is 5.10 Å². The zero-order chi connectivity index (χ0) is 23.6. The van der Waals surface area contributed by atoms with Crippen molar-refractivity contribution in [2.75, 3.05) is 6.26 Å². The first-order valence-corrected chi connectivity index (χ1v) is 12.8. The number of carbonyl (C=O) groups excluding carboxylic acids is 2. The third-order valence-corrected chi connectivity index (χ3v) is 6.47. The van der Waals surface area contributed by atoms with Crippen LogP contribution in [0.25, 0.3) is 0 Å². The van der Waals surface area contributed by atoms with Crippen LogP contribution in [0, 0.1) is 23.7 Å². The number of nitrogens with zero attached hydrogens (tertiary/aromatic N) is 5. The fourth-order valence-electron chi connectivity index (χ4n) is 3.83. The number of aromatic nitrogens is 5. The van der Waals surface area contributed by atoms with Crippen molar-refractivity contribution < 1.29 is 13.8 Å². The number of rotatable bonds is 9. The van der Waals surface area contributed by atoms with Gasteiger partial charge in [-0.05, 0) is 44.9 Å². The molecule has 1 N–H and O–H groups in total. The summed E-state index contributed by atoms with van der Waals surface area (Å²) in [5.41, 5.74) is 1.39. The van der Waals surface area contributed by atoms with E-state index in [4.69, 9.17) is 0 Å². The van der Waals surface area contributed by atoms with E-state index >= 15 is 0 Å². The number of nitrogens with one attached hydrogen (secondary N) is 1. The first kappa shape index (κ1) is 24.7. The molecule has 3 rings (SSSR count). The van der Waals surface area contributed by atoms with E-state index < -0.39 is 10.8 Å². The summed E-state index contributed by atoms with van der Waals surface area (Å²) in [6.45, 7) is 2.84. The fourth-order valence-corrected chi connectivity index (χ4v) is 4.24. The lowest BCUT2D eigenvalue weighted by molar-refractivity contribution is -0.122. The average Bonchev–Trinajstić information content (AvgIpc) is 3.25. The Morgan fingerprint density at radius 3 is 2.61 bits per heavy atom. The van der Waals surface area contributed by atoms with Crippen LogP contribution in [-0.2, 0) is 33.5 Å². The molecule has 1 atom stereocenters. The van der Waals surface area contributed by atoms with Gasteiger partial charge in [0.15, 0.2) is 0 Å². The van der Waals surface area contributed by atoms with Crippen molar-refractivity contribution in [3.05, 3.63) is 29.8 Å². The van der Waals surface area contributed by atoms with Gasteiger partial charge in [0.05, 0.1) is 29.1 Å². The lowest BCUT2D eigenvalue weighted by Crippen LogP contribution is -2.23. The van der Waals surface area contributed by atoms with E-state index in [-0.39, 0.29) is 17.0 Å². The molecule has 0 spiro atoms. The summed E-state index contributed by atoms with van der Waals surface area (Å²) in [7, 11) is -1.21. The number of unbranched alkanes of at least 4 members (excludes halogenated alkanes) is 1. The molecule has 0 aliphatic heterocycles. The van der Waals surface area contributed by atoms with Gasteiger partial charge in [0.1, 0.15) is 11.5 Å². The van der Waals surface area contributed by atoms with Gasteiger partial charge < -0.3 is 5.32 Å². The Hall–Kier alpha value is -2.93. The SMILES string of the molecule is CC(=O)C1CCC(Cn2cc(CNC(=O)CCCC#Cc3cnc(S(C)=O)nc3)nn2)CC1. The molecule has 9 nitrogen and oxygen atoms in total. The maximum absolute atomic E-state index is 12.1. The smallest absolute Gasteiger partial charge is 0.220 e. The molecule has 1 fully saturated rings. The molecule has 176 valence electrons. The van der Waals surface area contributed by atoms with Crippen LogP contribution in [0.3, 0.4) is 0 Å². The molecule has 2 heterocycles. The molecule has 0 saturated heterocycles. The van der Waals surface area contributed by atoms with Crippen LogP contribution >= 0.6 is 0 Å². The second kappa shape index (κ2) is 12.3. The van der Waals surface area contributed by atoms with Crippen LogP contribution < -0.4 is 5.32 Å². The van der Waals surface area contributed by atoms with E-state index in [0.29, 0.717) is 43.1 Å². The summed E-state index contributed by atoms with van der Waals surface area (Å²) >= 11 is 0. The van der Waals surface area contributed by atoms with Gasteiger partial charge in [0, 0.05) is 44.0 Å². The van der Waals surface area contributed by atoms with Crippen molar-refractivity contribution in [3.63, 3.8) is 0 Å². The molecular weight excluding hydrogens is 440 g/mol. The van der Waals surface area contributed by atoms with Crippen molar-refractivity contribution in [1.82, 2.24) is 30.3 Å². The summed E-state index contributed by atoms with van der Waals surface area (Å²) in [6.07, 6.45) is 12.1. The van der Waals surface area contributed by atoms with E-state index in [9.17, 15) is 13.8 Å². The van der Waals surface area contributed by atoms with Gasteiger partial charge >= 0.3 is 0 Å². The molecular formula is C23H30N6O3S. The van der Waals surface area contributed by atoms with Crippen LogP contribution in [0.15, 0.2) is 23.7 Å². The minimum Gasteiger partial charge on any atom is -0.350 e. The second-order valence-corrected chi connectivity index (χ2v) is 9.67. The Labute approximate surface area is 196 Å². The van der Waals surface area contributed by atoms with Gasteiger partial charge in [0.2, 0.25) is 11.1 Å². The highest BCUT2D eigenvalue weighted by Crippen LogP contribution is 2.30. The lowest BCUT2D eigenvalue weighted by atomic mass is 9.80. The molecule has 10 heteroatoms. The molecule has 0 aromatic carbocycles. The highest BCUT2D eigenvalue weighted by Gasteiger charge is 2.24. The quantitative estimate of drug-likeness (QED) is 0.338. The maximum Gasteiger partial charge on any atom is 0.220 e. The minimum atomic E-state index is -1.21. The molecule has 33 heavy (non-hydrogen) atoms. The second-order valence-electron chi connectivity index (χ2n) is 8.40. The third kappa shape index (κ3) is 8.17. The number of carbonyl (C=O) groups is 2. The van der Waals surface area contributed by atoms with E-state index in [1.165, 1.54) is 6.26 Å². The minimum absolute atomic E-state index is 0.0491. The van der Waals surface area contributed by atoms with E-state index in [1.807, 2.05) is 10.9 Å². The van der Waals surface area contributed by atoms with Crippen molar-refractivity contribution in [3.8, 4) is 11.8 Å². The van der Waals surface area contributed by atoms with Crippen LogP contribution in [0.4, 0.5) is 0 Å². The number of hydrogen-bond donors (Lipinski definition) is 1. The summed E-state index contributed by atoms with van der Waals surface area (Å²) in [5, 5.41) is 11.5. The molecule has 1 aliphatic carbocycles. The highest BCUT2D eigenvalue weighted by molar-refractivity contribution is 7.84. The topological polar surface area (TPSA) is 120 Å². The Morgan fingerprint density at radius 1 is 1.21 bits per heavy atom. The van der Waals surface area contributed by atoms with Crippen molar-refractivity contribution >= 4 is 22.5 Å². The summed E-state index contributed by atoms with van der Waals surface area (Å²) in [5.74, 6) is 6.94. The van der Waals surface area contributed by atoms with Crippen molar-refractivity contribution in [2.45, 2.75) is 70.1 Å². The van der Waals surface area contributed by atoms with Gasteiger partial charge in [-0.3, -0.25) is 18.5 Å². The molecule has 2 aromatic rings. The van der Waals surface area contributed by atoms with Crippen LogP contribution in [0.5, 0.6) is 0 Å². The predicted molar refractivity (Wildman–Crippen MR) is 123 cm³/mol.